The van der Waals surface area contributed by atoms with Gasteiger partial charge in [-0.3, -0.25) is 9.59 Å². The quantitative estimate of drug-likeness (QED) is 0.675. The molecule has 0 spiro atoms. The number of hydrogen-bond acceptors (Lipinski definition) is 4. The molecule has 4 rings (SSSR count). The van der Waals surface area contributed by atoms with E-state index in [1.807, 2.05) is 49.9 Å². The molecule has 168 valence electrons. The Kier molecular flexibility index (Phi) is 6.49. The zero-order valence-corrected chi connectivity index (χ0v) is 18.9. The first kappa shape index (κ1) is 21.9. The van der Waals surface area contributed by atoms with Gasteiger partial charge in [0.15, 0.2) is 0 Å². The first-order valence-corrected chi connectivity index (χ1v) is 11.3. The summed E-state index contributed by atoms with van der Waals surface area (Å²) in [6, 6.07) is 9.44. The van der Waals surface area contributed by atoms with Crippen LogP contribution in [-0.4, -0.2) is 42.5 Å². The van der Waals surface area contributed by atoms with Gasteiger partial charge in [0.1, 0.15) is 17.6 Å². The van der Waals surface area contributed by atoms with E-state index in [0.717, 1.165) is 60.5 Å². The van der Waals surface area contributed by atoms with E-state index in [1.54, 1.807) is 12.1 Å². The van der Waals surface area contributed by atoms with Gasteiger partial charge in [-0.2, -0.15) is 0 Å². The Morgan fingerprint density at radius 1 is 1.25 bits per heavy atom. The van der Waals surface area contributed by atoms with Crippen molar-refractivity contribution in [1.29, 1.82) is 0 Å². The van der Waals surface area contributed by atoms with E-state index in [4.69, 9.17) is 9.47 Å². The van der Waals surface area contributed by atoms with E-state index in [-0.39, 0.29) is 17.9 Å². The SMILES string of the molecule is CCOc1cc2c(cc1/C=C/C(=O)Nc1c(C)cccc1C(=O)N1CCCC1)OC(C)C2. The Balaban J connectivity index is 1.55. The molecule has 1 saturated heterocycles. The lowest BCUT2D eigenvalue weighted by Gasteiger charge is -2.19. The first-order chi connectivity index (χ1) is 15.5. The zero-order valence-electron chi connectivity index (χ0n) is 18.9. The van der Waals surface area contributed by atoms with Crippen LogP contribution in [0.2, 0.25) is 0 Å². The summed E-state index contributed by atoms with van der Waals surface area (Å²) in [6.07, 6.45) is 6.23. The lowest BCUT2D eigenvalue weighted by atomic mass is 10.1. The Hall–Kier alpha value is -3.28. The summed E-state index contributed by atoms with van der Waals surface area (Å²) in [5.41, 5.74) is 3.85. The number of aryl methyl sites for hydroxylation is 1. The summed E-state index contributed by atoms with van der Waals surface area (Å²) in [4.78, 5) is 27.6. The maximum atomic E-state index is 13.0. The zero-order chi connectivity index (χ0) is 22.7. The fraction of sp³-hybridized carbons (Fsp3) is 0.385. The number of amides is 2. The van der Waals surface area contributed by atoms with Gasteiger partial charge < -0.3 is 19.7 Å². The maximum Gasteiger partial charge on any atom is 0.255 e. The van der Waals surface area contributed by atoms with Crippen LogP contribution >= 0.6 is 0 Å². The molecule has 1 N–H and O–H groups in total. The van der Waals surface area contributed by atoms with Crippen molar-refractivity contribution in [3.8, 4) is 11.5 Å². The predicted octanol–water partition coefficient (Wildman–Crippen LogP) is 4.61. The standard InChI is InChI=1S/C26H30N2O4/c1-4-31-22-16-20-14-18(3)32-23(20)15-19(22)10-11-24(29)27-25-17(2)8-7-9-21(25)26(30)28-12-5-6-13-28/h7-11,15-16,18H,4-6,12-14H2,1-3H3,(H,27,29)/b11-10+. The second-order valence-corrected chi connectivity index (χ2v) is 8.38. The Bertz CT molecular complexity index is 1050. The molecular weight excluding hydrogens is 404 g/mol. The molecule has 2 aromatic carbocycles. The van der Waals surface area contributed by atoms with Crippen LogP contribution in [0, 0.1) is 6.92 Å². The third-order valence-corrected chi connectivity index (χ3v) is 5.89. The molecule has 2 aliphatic rings. The van der Waals surface area contributed by atoms with Crippen LogP contribution in [0.15, 0.2) is 36.4 Å². The minimum absolute atomic E-state index is 0.0333. The van der Waals surface area contributed by atoms with E-state index in [2.05, 4.69) is 5.32 Å². The lowest BCUT2D eigenvalue weighted by molar-refractivity contribution is -0.111. The van der Waals surface area contributed by atoms with Crippen LogP contribution < -0.4 is 14.8 Å². The molecule has 0 saturated carbocycles. The van der Waals surface area contributed by atoms with Crippen molar-refractivity contribution in [2.24, 2.45) is 0 Å². The number of anilines is 1. The van der Waals surface area contributed by atoms with Gasteiger partial charge >= 0.3 is 0 Å². The highest BCUT2D eigenvalue weighted by Crippen LogP contribution is 2.35. The van der Waals surface area contributed by atoms with Crippen LogP contribution in [-0.2, 0) is 11.2 Å². The molecule has 2 amide bonds. The van der Waals surface area contributed by atoms with Gasteiger partial charge in [0, 0.05) is 36.7 Å². The van der Waals surface area contributed by atoms with Crippen LogP contribution in [0.1, 0.15) is 53.7 Å². The van der Waals surface area contributed by atoms with Gasteiger partial charge in [0.2, 0.25) is 5.91 Å². The molecule has 1 fully saturated rings. The second-order valence-electron chi connectivity index (χ2n) is 8.38. The average Bonchev–Trinajstić information content (AvgIpc) is 3.42. The van der Waals surface area contributed by atoms with Gasteiger partial charge in [-0.25, -0.2) is 0 Å². The number of carbonyl (C=O) groups is 2. The van der Waals surface area contributed by atoms with Crippen molar-refractivity contribution in [3.63, 3.8) is 0 Å². The number of ether oxygens (including phenoxy) is 2. The van der Waals surface area contributed by atoms with Gasteiger partial charge in [-0.15, -0.1) is 0 Å². The van der Waals surface area contributed by atoms with Gasteiger partial charge in [0.05, 0.1) is 17.9 Å². The molecular formula is C26H30N2O4. The fourth-order valence-corrected chi connectivity index (χ4v) is 4.30. The molecule has 2 heterocycles. The highest BCUT2D eigenvalue weighted by atomic mass is 16.5. The number of benzene rings is 2. The normalized spacial score (nSPS) is 17.3. The molecule has 6 nitrogen and oxygen atoms in total. The van der Waals surface area contributed by atoms with Crippen LogP contribution in [0.4, 0.5) is 5.69 Å². The number of carbonyl (C=O) groups excluding carboxylic acids is 2. The Morgan fingerprint density at radius 2 is 2.03 bits per heavy atom. The molecule has 0 aromatic heterocycles. The number of rotatable bonds is 6. The van der Waals surface area contributed by atoms with Crippen LogP contribution in [0.25, 0.3) is 6.08 Å². The molecule has 2 aliphatic heterocycles. The number of fused-ring (bicyclic) bond motifs is 1. The largest absolute Gasteiger partial charge is 0.493 e. The van der Waals surface area contributed by atoms with E-state index >= 15 is 0 Å². The van der Waals surface area contributed by atoms with Gasteiger partial charge in [-0.05, 0) is 63.5 Å². The summed E-state index contributed by atoms with van der Waals surface area (Å²) in [6.45, 7) is 7.93. The minimum Gasteiger partial charge on any atom is -0.493 e. The van der Waals surface area contributed by atoms with Crippen molar-refractivity contribution < 1.29 is 19.1 Å². The lowest BCUT2D eigenvalue weighted by Crippen LogP contribution is -2.29. The molecule has 6 heteroatoms. The second kappa shape index (κ2) is 9.47. The van der Waals surface area contributed by atoms with E-state index in [1.165, 1.54) is 6.08 Å². The smallest absolute Gasteiger partial charge is 0.255 e. The monoisotopic (exact) mass is 434 g/mol. The summed E-state index contributed by atoms with van der Waals surface area (Å²) in [5.74, 6) is 1.23. The molecule has 0 radical (unpaired) electrons. The first-order valence-electron chi connectivity index (χ1n) is 11.3. The van der Waals surface area contributed by atoms with Crippen LogP contribution in [0.3, 0.4) is 0 Å². The number of nitrogens with one attached hydrogen (secondary N) is 1. The number of para-hydroxylation sites is 1. The van der Waals surface area contributed by atoms with E-state index in [9.17, 15) is 9.59 Å². The van der Waals surface area contributed by atoms with Crippen molar-refractivity contribution in [3.05, 3.63) is 58.7 Å². The fourth-order valence-electron chi connectivity index (χ4n) is 4.30. The van der Waals surface area contributed by atoms with Gasteiger partial charge in [0.25, 0.3) is 5.91 Å². The minimum atomic E-state index is -0.299. The third-order valence-electron chi connectivity index (χ3n) is 5.89. The molecule has 0 aliphatic carbocycles. The van der Waals surface area contributed by atoms with Gasteiger partial charge in [-0.1, -0.05) is 12.1 Å². The Labute approximate surface area is 189 Å². The highest BCUT2D eigenvalue weighted by Gasteiger charge is 2.24. The van der Waals surface area contributed by atoms with E-state index in [0.29, 0.717) is 17.9 Å². The average molecular weight is 435 g/mol. The van der Waals surface area contributed by atoms with Crippen molar-refractivity contribution in [2.75, 3.05) is 25.0 Å². The number of nitrogens with zero attached hydrogens (tertiary/aromatic N) is 1. The third kappa shape index (κ3) is 4.64. The van der Waals surface area contributed by atoms with Crippen LogP contribution in [0.5, 0.6) is 11.5 Å². The van der Waals surface area contributed by atoms with Crippen molar-refractivity contribution >= 4 is 23.6 Å². The molecule has 0 bridgehead atoms. The molecule has 32 heavy (non-hydrogen) atoms. The molecule has 1 atom stereocenters. The summed E-state index contributed by atoms with van der Waals surface area (Å²) in [7, 11) is 0. The molecule has 1 unspecified atom stereocenters. The Morgan fingerprint density at radius 3 is 2.78 bits per heavy atom. The topological polar surface area (TPSA) is 67.9 Å². The highest BCUT2D eigenvalue weighted by molar-refractivity contribution is 6.08. The summed E-state index contributed by atoms with van der Waals surface area (Å²) < 4.78 is 11.6. The maximum absolute atomic E-state index is 13.0. The summed E-state index contributed by atoms with van der Waals surface area (Å²) >= 11 is 0. The van der Waals surface area contributed by atoms with Crippen molar-refractivity contribution in [1.82, 2.24) is 4.90 Å². The number of hydrogen-bond donors (Lipinski definition) is 1. The molecule has 2 aromatic rings. The predicted molar refractivity (Wildman–Crippen MR) is 125 cm³/mol. The summed E-state index contributed by atoms with van der Waals surface area (Å²) in [5, 5.41) is 2.92. The van der Waals surface area contributed by atoms with E-state index < -0.39 is 0 Å². The van der Waals surface area contributed by atoms with Crippen molar-refractivity contribution in [2.45, 2.75) is 46.1 Å². The number of likely N-dealkylation sites (tertiary alicyclic amines) is 1.